The molecule has 0 atom stereocenters. The van der Waals surface area contributed by atoms with Gasteiger partial charge in [0.1, 0.15) is 5.56 Å². The Morgan fingerprint density at radius 3 is 2.71 bits per heavy atom. The van der Waals surface area contributed by atoms with Crippen LogP contribution in [0.15, 0.2) is 29.2 Å². The average Bonchev–Trinajstić information content (AvgIpc) is 2.61. The molecule has 1 saturated heterocycles. The van der Waals surface area contributed by atoms with Crippen LogP contribution in [0.25, 0.3) is 10.9 Å². The summed E-state index contributed by atoms with van der Waals surface area (Å²) >= 11 is 0. The Labute approximate surface area is 140 Å². The van der Waals surface area contributed by atoms with Gasteiger partial charge in [0.25, 0.3) is 5.91 Å². The zero-order valence-electron chi connectivity index (χ0n) is 14.0. The molecule has 1 aromatic carbocycles. The highest BCUT2D eigenvalue weighted by Crippen LogP contribution is 2.22. The molecule has 1 fully saturated rings. The number of nitrogens with two attached hydrogens (primary N) is 1. The summed E-state index contributed by atoms with van der Waals surface area (Å²) in [5, 5.41) is 0.548. The van der Waals surface area contributed by atoms with Crippen LogP contribution in [0.5, 0.6) is 0 Å². The Balaban J connectivity index is 2.13. The van der Waals surface area contributed by atoms with Crippen molar-refractivity contribution in [1.29, 1.82) is 0 Å². The molecule has 0 aliphatic carbocycles. The van der Waals surface area contributed by atoms with Crippen molar-refractivity contribution in [1.82, 2.24) is 4.57 Å². The fourth-order valence-electron chi connectivity index (χ4n) is 3.09. The van der Waals surface area contributed by atoms with Gasteiger partial charge in [-0.2, -0.15) is 0 Å². The van der Waals surface area contributed by atoms with Crippen molar-refractivity contribution >= 4 is 22.5 Å². The molecule has 2 heterocycles. The first-order valence-electron chi connectivity index (χ1n) is 8.41. The zero-order valence-corrected chi connectivity index (χ0v) is 14.0. The number of ether oxygens (including phenoxy) is 1. The van der Waals surface area contributed by atoms with Crippen LogP contribution >= 0.6 is 0 Å². The largest absolute Gasteiger partial charge is 0.378 e. The van der Waals surface area contributed by atoms with Crippen molar-refractivity contribution in [2.45, 2.75) is 26.3 Å². The summed E-state index contributed by atoms with van der Waals surface area (Å²) in [5.41, 5.74) is 6.99. The number of hydrogen-bond acceptors (Lipinski definition) is 4. The van der Waals surface area contributed by atoms with E-state index in [1.165, 1.54) is 0 Å². The molecule has 6 nitrogen and oxygen atoms in total. The number of benzene rings is 1. The second-order valence-corrected chi connectivity index (χ2v) is 6.08. The van der Waals surface area contributed by atoms with E-state index in [9.17, 15) is 9.59 Å². The molecular formula is C18H23N3O3. The summed E-state index contributed by atoms with van der Waals surface area (Å²) in [6.07, 6.45) is 3.60. The van der Waals surface area contributed by atoms with Crippen LogP contribution in [-0.4, -0.2) is 36.8 Å². The van der Waals surface area contributed by atoms with E-state index >= 15 is 0 Å². The van der Waals surface area contributed by atoms with Crippen LogP contribution in [0.2, 0.25) is 0 Å². The van der Waals surface area contributed by atoms with Crippen LogP contribution in [0.3, 0.4) is 0 Å². The summed E-state index contributed by atoms with van der Waals surface area (Å²) in [5.74, 6) is -0.677. The van der Waals surface area contributed by atoms with Gasteiger partial charge in [0.05, 0.1) is 18.7 Å². The van der Waals surface area contributed by atoms with Crippen LogP contribution in [0.4, 0.5) is 5.69 Å². The Kier molecular flexibility index (Phi) is 4.85. The van der Waals surface area contributed by atoms with E-state index in [2.05, 4.69) is 11.8 Å². The molecule has 0 saturated carbocycles. The molecule has 128 valence electrons. The maximum atomic E-state index is 12.7. The zero-order chi connectivity index (χ0) is 17.1. The molecule has 0 bridgehead atoms. The molecule has 24 heavy (non-hydrogen) atoms. The van der Waals surface area contributed by atoms with Crippen LogP contribution in [0, 0.1) is 0 Å². The summed E-state index contributed by atoms with van der Waals surface area (Å²) in [7, 11) is 0. The number of unbranched alkanes of at least 4 members (excludes halogenated alkanes) is 1. The lowest BCUT2D eigenvalue weighted by Crippen LogP contribution is -2.36. The monoisotopic (exact) mass is 329 g/mol. The first kappa shape index (κ1) is 16.5. The molecule has 1 aliphatic rings. The number of aryl methyl sites for hydroxylation is 1. The number of carbonyl (C=O) groups excluding carboxylic acids is 1. The number of aromatic nitrogens is 1. The number of nitrogens with zero attached hydrogens (tertiary/aromatic N) is 2. The summed E-state index contributed by atoms with van der Waals surface area (Å²) in [4.78, 5) is 26.5. The number of amides is 1. The first-order valence-corrected chi connectivity index (χ1v) is 8.41. The van der Waals surface area contributed by atoms with E-state index in [0.717, 1.165) is 43.7 Å². The van der Waals surface area contributed by atoms with Gasteiger partial charge in [-0.1, -0.05) is 13.3 Å². The van der Waals surface area contributed by atoms with Gasteiger partial charge in [-0.15, -0.1) is 0 Å². The minimum Gasteiger partial charge on any atom is -0.378 e. The van der Waals surface area contributed by atoms with Crippen molar-refractivity contribution in [3.8, 4) is 0 Å². The summed E-state index contributed by atoms with van der Waals surface area (Å²) < 4.78 is 7.34. The quantitative estimate of drug-likeness (QED) is 0.906. The average molecular weight is 329 g/mol. The van der Waals surface area contributed by atoms with E-state index in [-0.39, 0.29) is 11.0 Å². The van der Waals surface area contributed by atoms with Gasteiger partial charge in [0.2, 0.25) is 5.43 Å². The normalized spacial score (nSPS) is 15.0. The van der Waals surface area contributed by atoms with Crippen molar-refractivity contribution in [3.05, 3.63) is 40.2 Å². The smallest absolute Gasteiger partial charge is 0.254 e. The standard InChI is InChI=1S/C18H23N3O3/c1-2-3-6-21-12-15(18(19)23)17(22)14-11-13(4-5-16(14)21)20-7-9-24-10-8-20/h4-5,11-12H,2-3,6-10H2,1H3,(H2,19,23). The van der Waals surface area contributed by atoms with E-state index in [1.807, 2.05) is 22.8 Å². The number of hydrogen-bond donors (Lipinski definition) is 1. The summed E-state index contributed by atoms with van der Waals surface area (Å²) in [6, 6.07) is 5.86. The molecule has 2 N–H and O–H groups in total. The topological polar surface area (TPSA) is 77.6 Å². The van der Waals surface area contributed by atoms with Crippen molar-refractivity contribution < 1.29 is 9.53 Å². The van der Waals surface area contributed by atoms with Gasteiger partial charge in [-0.05, 0) is 24.6 Å². The van der Waals surface area contributed by atoms with Gasteiger partial charge >= 0.3 is 0 Å². The summed E-state index contributed by atoms with van der Waals surface area (Å²) in [6.45, 7) is 5.82. The number of primary amides is 1. The molecular weight excluding hydrogens is 306 g/mol. The van der Waals surface area contributed by atoms with Crippen LogP contribution in [0.1, 0.15) is 30.1 Å². The third kappa shape index (κ3) is 3.14. The first-order chi connectivity index (χ1) is 11.6. The predicted molar refractivity (Wildman–Crippen MR) is 94.7 cm³/mol. The second kappa shape index (κ2) is 7.05. The lowest BCUT2D eigenvalue weighted by molar-refractivity contribution is 0.0998. The van der Waals surface area contributed by atoms with Crippen molar-refractivity contribution in [2.75, 3.05) is 31.2 Å². The fraction of sp³-hybridized carbons (Fsp3) is 0.444. The van der Waals surface area contributed by atoms with E-state index in [1.54, 1.807) is 6.20 Å². The third-order valence-electron chi connectivity index (χ3n) is 4.46. The number of morpholine rings is 1. The maximum absolute atomic E-state index is 12.7. The Morgan fingerprint density at radius 2 is 2.04 bits per heavy atom. The van der Waals surface area contributed by atoms with Gasteiger partial charge in [-0.3, -0.25) is 9.59 Å². The van der Waals surface area contributed by atoms with E-state index < -0.39 is 5.91 Å². The van der Waals surface area contributed by atoms with Gasteiger partial charge in [0.15, 0.2) is 0 Å². The van der Waals surface area contributed by atoms with Gasteiger partial charge in [-0.25, -0.2) is 0 Å². The Bertz CT molecular complexity index is 807. The van der Waals surface area contributed by atoms with Gasteiger partial charge in [0, 0.05) is 36.9 Å². The molecule has 6 heteroatoms. The molecule has 0 unspecified atom stereocenters. The molecule has 2 aromatic rings. The van der Waals surface area contributed by atoms with Gasteiger partial charge < -0.3 is 19.9 Å². The molecule has 1 aliphatic heterocycles. The lowest BCUT2D eigenvalue weighted by Gasteiger charge is -2.29. The lowest BCUT2D eigenvalue weighted by atomic mass is 10.1. The number of rotatable bonds is 5. The van der Waals surface area contributed by atoms with Crippen LogP contribution in [-0.2, 0) is 11.3 Å². The minimum absolute atomic E-state index is 0.0535. The highest BCUT2D eigenvalue weighted by atomic mass is 16.5. The minimum atomic E-state index is -0.677. The number of pyridine rings is 1. The van der Waals surface area contributed by atoms with Crippen molar-refractivity contribution in [2.24, 2.45) is 5.73 Å². The molecule has 3 rings (SSSR count). The Morgan fingerprint density at radius 1 is 1.29 bits per heavy atom. The second-order valence-electron chi connectivity index (χ2n) is 6.08. The number of fused-ring (bicyclic) bond motifs is 1. The SMILES string of the molecule is CCCCn1cc(C(N)=O)c(=O)c2cc(N3CCOCC3)ccc21. The van der Waals surface area contributed by atoms with E-state index in [0.29, 0.717) is 18.6 Å². The molecule has 0 radical (unpaired) electrons. The fourth-order valence-corrected chi connectivity index (χ4v) is 3.09. The van der Waals surface area contributed by atoms with Crippen LogP contribution < -0.4 is 16.1 Å². The maximum Gasteiger partial charge on any atom is 0.254 e. The predicted octanol–water partition coefficient (Wildman–Crippen LogP) is 1.74. The Hall–Kier alpha value is -2.34. The van der Waals surface area contributed by atoms with E-state index in [4.69, 9.17) is 10.5 Å². The highest BCUT2D eigenvalue weighted by Gasteiger charge is 2.16. The van der Waals surface area contributed by atoms with Crippen molar-refractivity contribution in [3.63, 3.8) is 0 Å². The number of anilines is 1. The molecule has 1 aromatic heterocycles. The number of carbonyl (C=O) groups is 1. The molecule has 0 spiro atoms. The molecule has 1 amide bonds. The highest BCUT2D eigenvalue weighted by molar-refractivity contribution is 5.96. The third-order valence-corrected chi connectivity index (χ3v) is 4.46.